The summed E-state index contributed by atoms with van der Waals surface area (Å²) < 4.78 is 65.4. The van der Waals surface area contributed by atoms with E-state index in [1.165, 1.54) is 30.3 Å². The predicted molar refractivity (Wildman–Crippen MR) is 113 cm³/mol. The summed E-state index contributed by atoms with van der Waals surface area (Å²) in [4.78, 5) is 12.6. The molecule has 162 valence electrons. The van der Waals surface area contributed by atoms with Gasteiger partial charge in [-0.1, -0.05) is 29.3 Å². The van der Waals surface area contributed by atoms with Gasteiger partial charge < -0.3 is 5.32 Å². The molecular weight excluding hydrogens is 453 g/mol. The number of hydrogen-bond donors (Lipinski definition) is 2. The molecule has 0 saturated carbocycles. The van der Waals surface area contributed by atoms with Crippen molar-refractivity contribution in [1.29, 1.82) is 0 Å². The smallest absolute Gasteiger partial charge is 0.322 e. The molecule has 31 heavy (non-hydrogen) atoms. The van der Waals surface area contributed by atoms with Crippen LogP contribution in [0.4, 0.5) is 24.5 Å². The normalized spacial score (nSPS) is 11.8. The Morgan fingerprint density at radius 2 is 1.48 bits per heavy atom. The zero-order valence-electron chi connectivity index (χ0n) is 16.0. The lowest BCUT2D eigenvalue weighted by molar-refractivity contribution is -0.137. The van der Waals surface area contributed by atoms with Gasteiger partial charge in [0.15, 0.2) is 0 Å². The minimum atomic E-state index is -4.49. The molecule has 0 atom stereocenters. The van der Waals surface area contributed by atoms with Gasteiger partial charge >= 0.3 is 6.18 Å². The summed E-state index contributed by atoms with van der Waals surface area (Å²) in [5.74, 6) is -0.707. The monoisotopic (exact) mass is 468 g/mol. The lowest BCUT2D eigenvalue weighted by Gasteiger charge is -2.12. The van der Waals surface area contributed by atoms with Crippen LogP contribution >= 0.6 is 11.6 Å². The lowest BCUT2D eigenvalue weighted by Crippen LogP contribution is -2.16. The van der Waals surface area contributed by atoms with Gasteiger partial charge in [0.2, 0.25) is 0 Å². The average Bonchev–Trinajstić information content (AvgIpc) is 2.69. The Balaban J connectivity index is 1.80. The van der Waals surface area contributed by atoms with E-state index < -0.39 is 27.7 Å². The number of anilines is 2. The first kappa shape index (κ1) is 22.6. The minimum absolute atomic E-state index is 0.0442. The SMILES string of the molecule is Cc1ccc(S(=O)(=O)Nc2ccc(Cl)c(C(=O)Nc3ccc(C(F)(F)F)cc3)c2)cc1. The highest BCUT2D eigenvalue weighted by atomic mass is 35.5. The fourth-order valence-electron chi connectivity index (χ4n) is 2.64. The maximum atomic E-state index is 12.7. The molecule has 3 rings (SSSR count). The molecule has 3 aromatic carbocycles. The Morgan fingerprint density at radius 3 is 2.06 bits per heavy atom. The molecular formula is C21H16ClF3N2O3S. The number of halogens is 4. The summed E-state index contributed by atoms with van der Waals surface area (Å²) in [5.41, 5.74) is 0.219. The standard InChI is InChI=1S/C21H16ClF3N2O3S/c1-13-2-9-17(10-3-13)31(29,30)27-16-8-11-19(22)18(12-16)20(28)26-15-6-4-14(5-7-15)21(23,24)25/h2-12,27H,1H3,(H,26,28). The molecule has 0 aliphatic carbocycles. The van der Waals surface area contributed by atoms with Crippen molar-refractivity contribution in [1.82, 2.24) is 0 Å². The van der Waals surface area contributed by atoms with Crippen molar-refractivity contribution in [2.24, 2.45) is 0 Å². The molecule has 0 unspecified atom stereocenters. The van der Waals surface area contributed by atoms with E-state index in [1.807, 2.05) is 6.92 Å². The highest BCUT2D eigenvalue weighted by Crippen LogP contribution is 2.30. The summed E-state index contributed by atoms with van der Waals surface area (Å²) in [6.07, 6.45) is -4.49. The third-order valence-electron chi connectivity index (χ3n) is 4.26. The molecule has 2 N–H and O–H groups in total. The summed E-state index contributed by atoms with van der Waals surface area (Å²) >= 11 is 6.06. The van der Waals surface area contributed by atoms with E-state index in [-0.39, 0.29) is 26.9 Å². The molecule has 0 bridgehead atoms. The molecule has 1 amide bonds. The molecule has 0 aliphatic rings. The Labute approximate surface area is 181 Å². The van der Waals surface area contributed by atoms with Crippen LogP contribution < -0.4 is 10.0 Å². The van der Waals surface area contributed by atoms with Crippen LogP contribution in [0.3, 0.4) is 0 Å². The maximum absolute atomic E-state index is 12.7. The van der Waals surface area contributed by atoms with Crippen LogP contribution in [0, 0.1) is 6.92 Å². The molecule has 0 radical (unpaired) electrons. The number of benzene rings is 3. The van der Waals surface area contributed by atoms with Gasteiger partial charge in [0.1, 0.15) is 0 Å². The van der Waals surface area contributed by atoms with Crippen LogP contribution in [0.25, 0.3) is 0 Å². The number of carbonyl (C=O) groups excluding carboxylic acids is 1. The number of rotatable bonds is 5. The van der Waals surface area contributed by atoms with Gasteiger partial charge in [-0.05, 0) is 61.5 Å². The highest BCUT2D eigenvalue weighted by molar-refractivity contribution is 7.92. The van der Waals surface area contributed by atoms with Gasteiger partial charge in [-0.15, -0.1) is 0 Å². The molecule has 10 heteroatoms. The van der Waals surface area contributed by atoms with E-state index in [0.29, 0.717) is 0 Å². The van der Waals surface area contributed by atoms with Gasteiger partial charge in [-0.25, -0.2) is 8.42 Å². The molecule has 5 nitrogen and oxygen atoms in total. The van der Waals surface area contributed by atoms with E-state index >= 15 is 0 Å². The van der Waals surface area contributed by atoms with Crippen LogP contribution in [0.2, 0.25) is 5.02 Å². The molecule has 0 aromatic heterocycles. The van der Waals surface area contributed by atoms with Gasteiger partial charge in [0.05, 0.1) is 21.0 Å². The van der Waals surface area contributed by atoms with Crippen LogP contribution in [-0.4, -0.2) is 14.3 Å². The Morgan fingerprint density at radius 1 is 0.903 bits per heavy atom. The molecule has 0 saturated heterocycles. The topological polar surface area (TPSA) is 75.3 Å². The van der Waals surface area contributed by atoms with E-state index in [9.17, 15) is 26.4 Å². The van der Waals surface area contributed by atoms with Crippen LogP contribution in [-0.2, 0) is 16.2 Å². The first-order valence-electron chi connectivity index (χ1n) is 8.83. The second-order valence-electron chi connectivity index (χ2n) is 6.64. The van der Waals surface area contributed by atoms with Crippen molar-refractivity contribution in [2.75, 3.05) is 10.0 Å². The Hall–Kier alpha value is -3.04. The molecule has 0 heterocycles. The first-order valence-corrected chi connectivity index (χ1v) is 10.7. The van der Waals surface area contributed by atoms with E-state index in [0.717, 1.165) is 29.8 Å². The number of sulfonamides is 1. The van der Waals surface area contributed by atoms with E-state index in [2.05, 4.69) is 10.0 Å². The second kappa shape index (κ2) is 8.60. The number of nitrogens with one attached hydrogen (secondary N) is 2. The number of hydrogen-bond acceptors (Lipinski definition) is 3. The van der Waals surface area contributed by atoms with E-state index in [1.54, 1.807) is 12.1 Å². The minimum Gasteiger partial charge on any atom is -0.322 e. The van der Waals surface area contributed by atoms with Crippen molar-refractivity contribution in [3.8, 4) is 0 Å². The Bertz CT molecular complexity index is 1210. The number of amides is 1. The average molecular weight is 469 g/mol. The number of alkyl halides is 3. The van der Waals surface area contributed by atoms with Gasteiger partial charge in [-0.2, -0.15) is 13.2 Å². The van der Waals surface area contributed by atoms with Crippen molar-refractivity contribution in [2.45, 2.75) is 18.0 Å². The molecule has 0 aliphatic heterocycles. The molecule has 0 spiro atoms. The fraction of sp³-hybridized carbons (Fsp3) is 0.0952. The van der Waals surface area contributed by atoms with E-state index in [4.69, 9.17) is 11.6 Å². The quantitative estimate of drug-likeness (QED) is 0.503. The third kappa shape index (κ3) is 5.56. The summed E-state index contributed by atoms with van der Waals surface area (Å²) in [6, 6.07) is 14.1. The second-order valence-corrected chi connectivity index (χ2v) is 8.73. The fourth-order valence-corrected chi connectivity index (χ4v) is 3.89. The number of carbonyl (C=O) groups is 1. The highest BCUT2D eigenvalue weighted by Gasteiger charge is 2.30. The van der Waals surface area contributed by atoms with Crippen LogP contribution in [0.1, 0.15) is 21.5 Å². The lowest BCUT2D eigenvalue weighted by atomic mass is 10.1. The summed E-state index contributed by atoms with van der Waals surface area (Å²) in [5, 5.41) is 2.48. The maximum Gasteiger partial charge on any atom is 0.416 e. The van der Waals surface area contributed by atoms with Crippen molar-refractivity contribution in [3.63, 3.8) is 0 Å². The van der Waals surface area contributed by atoms with Crippen molar-refractivity contribution >= 4 is 38.9 Å². The molecule has 0 fully saturated rings. The summed E-state index contributed by atoms with van der Waals surface area (Å²) in [7, 11) is -3.89. The van der Waals surface area contributed by atoms with Crippen molar-refractivity contribution in [3.05, 3.63) is 88.4 Å². The van der Waals surface area contributed by atoms with Gasteiger partial charge in [0.25, 0.3) is 15.9 Å². The Kier molecular flexibility index (Phi) is 6.28. The largest absolute Gasteiger partial charge is 0.416 e. The van der Waals surface area contributed by atoms with Crippen molar-refractivity contribution < 1.29 is 26.4 Å². The third-order valence-corrected chi connectivity index (χ3v) is 5.99. The first-order chi connectivity index (χ1) is 14.5. The van der Waals surface area contributed by atoms with Gasteiger partial charge in [-0.3, -0.25) is 9.52 Å². The van der Waals surface area contributed by atoms with Gasteiger partial charge in [0, 0.05) is 11.4 Å². The van der Waals surface area contributed by atoms with Crippen LogP contribution in [0.15, 0.2) is 71.6 Å². The number of aryl methyl sites for hydroxylation is 1. The zero-order chi connectivity index (χ0) is 22.8. The zero-order valence-corrected chi connectivity index (χ0v) is 17.6. The summed E-state index contributed by atoms with van der Waals surface area (Å²) in [6.45, 7) is 1.82. The van der Waals surface area contributed by atoms with Crippen LogP contribution in [0.5, 0.6) is 0 Å². The predicted octanol–water partition coefficient (Wildman–Crippen LogP) is 5.72. The molecule has 3 aromatic rings.